The van der Waals surface area contributed by atoms with Crippen molar-refractivity contribution in [2.24, 2.45) is 0 Å². The Labute approximate surface area is 106 Å². The summed E-state index contributed by atoms with van der Waals surface area (Å²) in [7, 11) is -1.23. The first-order chi connectivity index (χ1) is 7.95. The van der Waals surface area contributed by atoms with E-state index in [0.717, 1.165) is 6.42 Å². The van der Waals surface area contributed by atoms with E-state index < -0.39 is 8.07 Å². The normalized spacial score (nSPS) is 15.8. The van der Waals surface area contributed by atoms with Crippen LogP contribution in [0.5, 0.6) is 0 Å². The molecule has 0 saturated heterocycles. The van der Waals surface area contributed by atoms with Crippen LogP contribution in [0.3, 0.4) is 0 Å². The summed E-state index contributed by atoms with van der Waals surface area (Å²) in [5.74, 6) is 0. The van der Waals surface area contributed by atoms with E-state index >= 15 is 0 Å². The fourth-order valence-corrected chi connectivity index (χ4v) is 2.11. The van der Waals surface area contributed by atoms with Gasteiger partial charge in [-0.2, -0.15) is 0 Å². The van der Waals surface area contributed by atoms with Crippen molar-refractivity contribution < 1.29 is 4.74 Å². The van der Waals surface area contributed by atoms with E-state index in [2.05, 4.69) is 43.0 Å². The number of unbranched alkanes of at least 4 members (excludes halogenated alkanes) is 1. The second kappa shape index (κ2) is 6.35. The molecule has 98 valence electrons. The molecule has 3 nitrogen and oxygen atoms in total. The van der Waals surface area contributed by atoms with Crippen LogP contribution in [-0.4, -0.2) is 23.4 Å². The lowest BCUT2D eigenvalue weighted by molar-refractivity contribution is -0.0215. The molecule has 2 unspecified atom stereocenters. The van der Waals surface area contributed by atoms with Crippen molar-refractivity contribution in [2.45, 2.75) is 64.7 Å². The van der Waals surface area contributed by atoms with Gasteiger partial charge in [-0.05, 0) is 19.8 Å². The number of hydrogen-bond acceptors (Lipinski definition) is 2. The van der Waals surface area contributed by atoms with Gasteiger partial charge in [0.1, 0.15) is 6.23 Å². The number of aromatic nitrogens is 2. The van der Waals surface area contributed by atoms with Gasteiger partial charge < -0.3 is 9.30 Å². The molecule has 2 atom stereocenters. The molecule has 0 bridgehead atoms. The van der Waals surface area contributed by atoms with Gasteiger partial charge in [0.25, 0.3) is 0 Å². The van der Waals surface area contributed by atoms with Crippen molar-refractivity contribution in [3.05, 3.63) is 18.7 Å². The second-order valence-corrected chi connectivity index (χ2v) is 11.3. The molecule has 1 rings (SSSR count). The highest BCUT2D eigenvalue weighted by molar-refractivity contribution is 6.77. The quantitative estimate of drug-likeness (QED) is 0.691. The maximum Gasteiger partial charge on any atom is 0.134 e. The third kappa shape index (κ3) is 4.64. The van der Waals surface area contributed by atoms with Crippen molar-refractivity contribution in [2.75, 3.05) is 0 Å². The Balaban J connectivity index is 2.64. The standard InChI is InChI=1S/C13H26N2OSi/c1-6-7-8-13(15-10-9-14-11-15)16-12(2)17(3,4)5/h9-13H,6-8H2,1-5H3. The van der Waals surface area contributed by atoms with Gasteiger partial charge >= 0.3 is 0 Å². The Bertz CT molecular complexity index is 306. The smallest absolute Gasteiger partial charge is 0.134 e. The number of nitrogens with zero attached hydrogens (tertiary/aromatic N) is 2. The summed E-state index contributed by atoms with van der Waals surface area (Å²) >= 11 is 0. The third-order valence-corrected chi connectivity index (χ3v) is 5.82. The summed E-state index contributed by atoms with van der Waals surface area (Å²) in [6, 6.07) is 0. The van der Waals surface area contributed by atoms with E-state index in [1.165, 1.54) is 12.8 Å². The molecular formula is C13H26N2OSi. The average molecular weight is 254 g/mol. The lowest BCUT2D eigenvalue weighted by Crippen LogP contribution is -2.39. The first-order valence-corrected chi connectivity index (χ1v) is 10.2. The number of hydrogen-bond donors (Lipinski definition) is 0. The summed E-state index contributed by atoms with van der Waals surface area (Å²) in [4.78, 5) is 4.11. The molecule has 0 fully saturated rings. The fourth-order valence-electron chi connectivity index (χ4n) is 1.55. The minimum Gasteiger partial charge on any atom is -0.358 e. The van der Waals surface area contributed by atoms with Gasteiger partial charge in [0, 0.05) is 18.1 Å². The van der Waals surface area contributed by atoms with Crippen LogP contribution in [0.1, 0.15) is 39.3 Å². The molecule has 0 radical (unpaired) electrons. The van der Waals surface area contributed by atoms with Crippen LogP contribution in [0, 0.1) is 0 Å². The zero-order valence-corrected chi connectivity index (χ0v) is 12.8. The summed E-state index contributed by atoms with van der Waals surface area (Å²) < 4.78 is 8.34. The first-order valence-electron chi connectivity index (χ1n) is 6.58. The molecule has 1 heterocycles. The summed E-state index contributed by atoms with van der Waals surface area (Å²) in [6.07, 6.45) is 9.30. The lowest BCUT2D eigenvalue weighted by Gasteiger charge is -2.30. The maximum absolute atomic E-state index is 6.25. The largest absolute Gasteiger partial charge is 0.358 e. The minimum absolute atomic E-state index is 0.152. The second-order valence-electron chi connectivity index (χ2n) is 5.75. The molecular weight excluding hydrogens is 228 g/mol. The third-order valence-electron chi connectivity index (χ3n) is 3.24. The average Bonchev–Trinajstić information content (AvgIpc) is 2.75. The first kappa shape index (κ1) is 14.4. The zero-order chi connectivity index (χ0) is 12.9. The number of ether oxygens (including phenoxy) is 1. The van der Waals surface area contributed by atoms with Gasteiger partial charge in [-0.25, -0.2) is 4.98 Å². The molecule has 0 aliphatic rings. The molecule has 0 aliphatic carbocycles. The highest BCUT2D eigenvalue weighted by Crippen LogP contribution is 2.22. The molecule has 0 aliphatic heterocycles. The van der Waals surface area contributed by atoms with Gasteiger partial charge in [-0.15, -0.1) is 0 Å². The van der Waals surface area contributed by atoms with Crippen LogP contribution in [0.4, 0.5) is 0 Å². The summed E-state index contributed by atoms with van der Waals surface area (Å²) in [6.45, 7) is 11.5. The van der Waals surface area contributed by atoms with E-state index in [1.807, 2.05) is 18.7 Å². The number of imidazole rings is 1. The van der Waals surface area contributed by atoms with Crippen molar-refractivity contribution in [3.8, 4) is 0 Å². The van der Waals surface area contributed by atoms with Crippen LogP contribution >= 0.6 is 0 Å². The molecule has 17 heavy (non-hydrogen) atoms. The lowest BCUT2D eigenvalue weighted by atomic mass is 10.2. The van der Waals surface area contributed by atoms with Gasteiger partial charge in [0.15, 0.2) is 0 Å². The monoisotopic (exact) mass is 254 g/mol. The Kier molecular flexibility index (Phi) is 5.40. The zero-order valence-electron chi connectivity index (χ0n) is 11.8. The molecule has 4 heteroatoms. The van der Waals surface area contributed by atoms with Gasteiger partial charge in [-0.3, -0.25) is 0 Å². The molecule has 0 aromatic carbocycles. The molecule has 1 aromatic rings. The van der Waals surface area contributed by atoms with E-state index in [0.29, 0.717) is 5.73 Å². The Hall–Kier alpha value is -0.613. The van der Waals surface area contributed by atoms with Crippen LogP contribution in [-0.2, 0) is 4.74 Å². The number of rotatable bonds is 7. The molecule has 1 aromatic heterocycles. The summed E-state index contributed by atoms with van der Waals surface area (Å²) in [5.41, 5.74) is 0.367. The SMILES string of the molecule is CCCCC(OC(C)[Si](C)(C)C)n1ccnc1. The minimum atomic E-state index is -1.23. The molecule has 0 spiro atoms. The van der Waals surface area contributed by atoms with Crippen molar-refractivity contribution in [1.82, 2.24) is 9.55 Å². The van der Waals surface area contributed by atoms with E-state index in [4.69, 9.17) is 4.74 Å². The Morgan fingerprint density at radius 3 is 2.53 bits per heavy atom. The van der Waals surface area contributed by atoms with E-state index in [-0.39, 0.29) is 6.23 Å². The molecule has 0 saturated carbocycles. The van der Waals surface area contributed by atoms with Crippen molar-refractivity contribution in [1.29, 1.82) is 0 Å². The Morgan fingerprint density at radius 2 is 2.06 bits per heavy atom. The van der Waals surface area contributed by atoms with Crippen molar-refractivity contribution >= 4 is 8.07 Å². The van der Waals surface area contributed by atoms with E-state index in [1.54, 1.807) is 0 Å². The maximum atomic E-state index is 6.25. The van der Waals surface area contributed by atoms with Crippen LogP contribution < -0.4 is 0 Å². The fraction of sp³-hybridized carbons (Fsp3) is 0.769. The Morgan fingerprint density at radius 1 is 1.35 bits per heavy atom. The van der Waals surface area contributed by atoms with E-state index in [9.17, 15) is 0 Å². The van der Waals surface area contributed by atoms with Crippen LogP contribution in [0.2, 0.25) is 19.6 Å². The highest BCUT2D eigenvalue weighted by atomic mass is 28.3. The van der Waals surface area contributed by atoms with Crippen molar-refractivity contribution in [3.63, 3.8) is 0 Å². The van der Waals surface area contributed by atoms with Crippen LogP contribution in [0.15, 0.2) is 18.7 Å². The predicted molar refractivity (Wildman–Crippen MR) is 74.7 cm³/mol. The topological polar surface area (TPSA) is 27.1 Å². The van der Waals surface area contributed by atoms with Crippen LogP contribution in [0.25, 0.3) is 0 Å². The summed E-state index contributed by atoms with van der Waals surface area (Å²) in [5, 5.41) is 0. The molecule has 0 amide bonds. The predicted octanol–water partition coefficient (Wildman–Crippen LogP) is 3.85. The van der Waals surface area contributed by atoms with Gasteiger partial charge in [0.05, 0.1) is 14.4 Å². The highest BCUT2D eigenvalue weighted by Gasteiger charge is 2.26. The van der Waals surface area contributed by atoms with Gasteiger partial charge in [0.2, 0.25) is 0 Å². The molecule has 0 N–H and O–H groups in total. The van der Waals surface area contributed by atoms with Gasteiger partial charge in [-0.1, -0.05) is 33.0 Å².